The van der Waals surface area contributed by atoms with Gasteiger partial charge < -0.3 is 4.90 Å². The first kappa shape index (κ1) is 24.6. The molecule has 1 rings (SSSR count). The summed E-state index contributed by atoms with van der Waals surface area (Å²) in [4.78, 5) is 7.36. The Balaban J connectivity index is 2.60. The number of hydrogen-bond donors (Lipinski definition) is 1. The fourth-order valence-electron chi connectivity index (χ4n) is 4.36. The Hall–Kier alpha value is -0.410. The van der Waals surface area contributed by atoms with Gasteiger partial charge in [-0.05, 0) is 76.4 Å². The van der Waals surface area contributed by atoms with Crippen molar-refractivity contribution in [2.24, 2.45) is 22.2 Å². The Labute approximate surface area is 170 Å². The summed E-state index contributed by atoms with van der Waals surface area (Å²) in [6, 6.07) is 0.589. The van der Waals surface area contributed by atoms with Crippen molar-refractivity contribution in [3.05, 3.63) is 0 Å². The SMILES string of the molecule is CCCCCCC1CC(C(C)(C)C)CCC1=NCNC(CC)CCN(C)C. The predicted octanol–water partition coefficient (Wildman–Crippen LogP) is 6.14. The third-order valence-corrected chi connectivity index (χ3v) is 6.50. The third kappa shape index (κ3) is 10.1. The van der Waals surface area contributed by atoms with Gasteiger partial charge in [-0.25, -0.2) is 0 Å². The lowest BCUT2D eigenvalue weighted by Gasteiger charge is -2.38. The Morgan fingerprint density at radius 3 is 2.48 bits per heavy atom. The van der Waals surface area contributed by atoms with Gasteiger partial charge in [-0.2, -0.15) is 0 Å². The van der Waals surface area contributed by atoms with Crippen LogP contribution in [0.4, 0.5) is 0 Å². The molecule has 0 heterocycles. The van der Waals surface area contributed by atoms with Crippen molar-refractivity contribution in [3.63, 3.8) is 0 Å². The van der Waals surface area contributed by atoms with E-state index in [9.17, 15) is 0 Å². The molecule has 3 atom stereocenters. The first-order chi connectivity index (χ1) is 12.8. The maximum atomic E-state index is 5.09. The van der Waals surface area contributed by atoms with Gasteiger partial charge in [-0.15, -0.1) is 0 Å². The van der Waals surface area contributed by atoms with Gasteiger partial charge in [-0.1, -0.05) is 60.3 Å². The van der Waals surface area contributed by atoms with Crippen LogP contribution in [0.2, 0.25) is 0 Å². The van der Waals surface area contributed by atoms with Crippen LogP contribution in [0.1, 0.15) is 98.8 Å². The van der Waals surface area contributed by atoms with Crippen LogP contribution >= 0.6 is 0 Å². The van der Waals surface area contributed by atoms with E-state index in [1.165, 1.54) is 69.9 Å². The summed E-state index contributed by atoms with van der Waals surface area (Å²) in [6.07, 6.45) is 13.1. The van der Waals surface area contributed by atoms with Crippen molar-refractivity contribution in [2.75, 3.05) is 27.3 Å². The molecule has 27 heavy (non-hydrogen) atoms. The van der Waals surface area contributed by atoms with E-state index >= 15 is 0 Å². The van der Waals surface area contributed by atoms with Gasteiger partial charge in [0.25, 0.3) is 0 Å². The van der Waals surface area contributed by atoms with Gasteiger partial charge in [0.05, 0.1) is 6.67 Å². The van der Waals surface area contributed by atoms with Crippen LogP contribution in [-0.2, 0) is 0 Å². The predicted molar refractivity (Wildman–Crippen MR) is 122 cm³/mol. The lowest BCUT2D eigenvalue weighted by Crippen LogP contribution is -2.35. The molecule has 0 aromatic heterocycles. The minimum atomic E-state index is 0.435. The maximum absolute atomic E-state index is 5.09. The molecule has 3 unspecified atom stereocenters. The van der Waals surface area contributed by atoms with E-state index < -0.39 is 0 Å². The largest absolute Gasteiger partial charge is 0.309 e. The van der Waals surface area contributed by atoms with E-state index in [-0.39, 0.29) is 0 Å². The molecule has 0 saturated heterocycles. The quantitative estimate of drug-likeness (QED) is 0.413. The van der Waals surface area contributed by atoms with E-state index in [0.717, 1.165) is 25.0 Å². The molecule has 3 nitrogen and oxygen atoms in total. The van der Waals surface area contributed by atoms with Gasteiger partial charge in [-0.3, -0.25) is 10.3 Å². The molecule has 1 aliphatic carbocycles. The molecule has 0 radical (unpaired) electrons. The van der Waals surface area contributed by atoms with Crippen LogP contribution in [0.15, 0.2) is 4.99 Å². The van der Waals surface area contributed by atoms with E-state index in [1.807, 2.05) is 0 Å². The van der Waals surface area contributed by atoms with Crippen molar-refractivity contribution >= 4 is 5.71 Å². The van der Waals surface area contributed by atoms with Crippen LogP contribution in [0, 0.1) is 17.3 Å². The first-order valence-corrected chi connectivity index (χ1v) is 11.7. The lowest BCUT2D eigenvalue weighted by atomic mass is 9.67. The summed E-state index contributed by atoms with van der Waals surface area (Å²) < 4.78 is 0. The molecule has 0 bridgehead atoms. The lowest BCUT2D eigenvalue weighted by molar-refractivity contribution is 0.183. The summed E-state index contributed by atoms with van der Waals surface area (Å²) in [6.45, 7) is 13.8. The van der Waals surface area contributed by atoms with E-state index in [1.54, 1.807) is 0 Å². The van der Waals surface area contributed by atoms with E-state index in [4.69, 9.17) is 4.99 Å². The Morgan fingerprint density at radius 2 is 1.89 bits per heavy atom. The monoisotopic (exact) mass is 379 g/mol. The number of hydrogen-bond acceptors (Lipinski definition) is 3. The van der Waals surface area contributed by atoms with Gasteiger partial charge in [0.1, 0.15) is 0 Å². The van der Waals surface area contributed by atoms with Crippen LogP contribution in [-0.4, -0.2) is 44.0 Å². The maximum Gasteiger partial charge on any atom is 0.0886 e. The van der Waals surface area contributed by atoms with Gasteiger partial charge >= 0.3 is 0 Å². The first-order valence-electron chi connectivity index (χ1n) is 11.7. The van der Waals surface area contributed by atoms with Crippen LogP contribution in [0.5, 0.6) is 0 Å². The number of rotatable bonds is 12. The van der Waals surface area contributed by atoms with Crippen molar-refractivity contribution in [1.29, 1.82) is 0 Å². The molecule has 3 heteroatoms. The molecule has 1 aliphatic rings. The molecular formula is C24H49N3. The van der Waals surface area contributed by atoms with Gasteiger partial charge in [0.2, 0.25) is 0 Å². The van der Waals surface area contributed by atoms with Gasteiger partial charge in [0, 0.05) is 11.8 Å². The number of nitrogens with one attached hydrogen (secondary N) is 1. The second kappa shape index (κ2) is 12.9. The fraction of sp³-hybridized carbons (Fsp3) is 0.958. The normalized spacial score (nSPS) is 23.9. The molecule has 1 N–H and O–H groups in total. The summed E-state index contributed by atoms with van der Waals surface area (Å²) in [5.41, 5.74) is 1.95. The number of unbranched alkanes of at least 4 members (excludes halogenated alkanes) is 3. The smallest absolute Gasteiger partial charge is 0.0886 e. The minimum Gasteiger partial charge on any atom is -0.309 e. The second-order valence-electron chi connectivity index (χ2n) is 10.1. The number of aliphatic imine (C=N–C) groups is 1. The summed E-state index contributed by atoms with van der Waals surface area (Å²) in [5.74, 6) is 1.58. The third-order valence-electron chi connectivity index (χ3n) is 6.50. The number of nitrogens with zero attached hydrogens (tertiary/aromatic N) is 2. The van der Waals surface area contributed by atoms with Crippen LogP contribution in [0.3, 0.4) is 0 Å². The van der Waals surface area contributed by atoms with Crippen molar-refractivity contribution in [2.45, 2.75) is 105 Å². The second-order valence-corrected chi connectivity index (χ2v) is 10.1. The highest BCUT2D eigenvalue weighted by Gasteiger charge is 2.33. The molecule has 0 aliphatic heterocycles. The highest BCUT2D eigenvalue weighted by molar-refractivity contribution is 5.87. The molecule has 0 spiro atoms. The molecule has 1 fully saturated rings. The van der Waals surface area contributed by atoms with Crippen molar-refractivity contribution in [1.82, 2.24) is 10.2 Å². The van der Waals surface area contributed by atoms with Crippen LogP contribution < -0.4 is 5.32 Å². The van der Waals surface area contributed by atoms with Crippen LogP contribution in [0.25, 0.3) is 0 Å². The van der Waals surface area contributed by atoms with E-state index in [0.29, 0.717) is 11.5 Å². The van der Waals surface area contributed by atoms with E-state index in [2.05, 4.69) is 58.9 Å². The molecular weight excluding hydrogens is 330 g/mol. The zero-order valence-corrected chi connectivity index (χ0v) is 19.6. The molecule has 1 saturated carbocycles. The highest BCUT2D eigenvalue weighted by Crippen LogP contribution is 2.40. The highest BCUT2D eigenvalue weighted by atomic mass is 15.1. The van der Waals surface area contributed by atoms with Gasteiger partial charge in [0.15, 0.2) is 0 Å². The van der Waals surface area contributed by atoms with Crippen molar-refractivity contribution < 1.29 is 0 Å². The fourth-order valence-corrected chi connectivity index (χ4v) is 4.36. The zero-order chi connectivity index (χ0) is 20.3. The topological polar surface area (TPSA) is 27.6 Å². The Morgan fingerprint density at radius 1 is 1.15 bits per heavy atom. The zero-order valence-electron chi connectivity index (χ0n) is 19.6. The molecule has 160 valence electrons. The summed E-state index contributed by atoms with van der Waals surface area (Å²) in [5, 5.41) is 3.70. The standard InChI is InChI=1S/C24H49N3/c1-8-10-11-12-13-20-18-21(24(3,4)5)14-15-23(20)26-19-25-22(9-2)16-17-27(6)7/h20-22,25H,8-19H2,1-7H3. The molecule has 0 aromatic rings. The Kier molecular flexibility index (Phi) is 11.8. The Bertz CT molecular complexity index is 408. The molecule has 0 amide bonds. The molecule has 0 aromatic carbocycles. The van der Waals surface area contributed by atoms with Crippen molar-refractivity contribution in [3.8, 4) is 0 Å². The summed E-state index contributed by atoms with van der Waals surface area (Å²) >= 11 is 0. The average molecular weight is 380 g/mol. The minimum absolute atomic E-state index is 0.435. The summed E-state index contributed by atoms with van der Waals surface area (Å²) in [7, 11) is 4.31. The average Bonchev–Trinajstić information content (AvgIpc) is 2.61.